The number of anilines is 1. The maximum absolute atomic E-state index is 5.06. The van der Waals surface area contributed by atoms with E-state index in [1.54, 1.807) is 7.11 Å². The highest BCUT2D eigenvalue weighted by atomic mass is 16.5. The quantitative estimate of drug-likeness (QED) is 0.782. The van der Waals surface area contributed by atoms with Crippen LogP contribution in [0.5, 0.6) is 0 Å². The van der Waals surface area contributed by atoms with Gasteiger partial charge in [0.15, 0.2) is 0 Å². The first-order valence-corrected chi connectivity index (χ1v) is 5.39. The van der Waals surface area contributed by atoms with Crippen molar-refractivity contribution in [2.75, 3.05) is 19.0 Å². The second-order valence-electron chi connectivity index (χ2n) is 4.35. The molecule has 1 aromatic rings. The van der Waals surface area contributed by atoms with Gasteiger partial charge in [-0.05, 0) is 12.8 Å². The zero-order valence-electron chi connectivity index (χ0n) is 10.0. The number of nitrogens with zero attached hydrogens (tertiary/aromatic N) is 2. The van der Waals surface area contributed by atoms with Crippen LogP contribution in [0.4, 0.5) is 5.69 Å². The molecule has 4 heteroatoms. The van der Waals surface area contributed by atoms with Gasteiger partial charge in [0.25, 0.3) is 0 Å². The van der Waals surface area contributed by atoms with Gasteiger partial charge < -0.3 is 10.1 Å². The zero-order valence-corrected chi connectivity index (χ0v) is 10.0. The van der Waals surface area contributed by atoms with Crippen molar-refractivity contribution in [1.29, 1.82) is 0 Å². The van der Waals surface area contributed by atoms with Gasteiger partial charge in [-0.15, -0.1) is 0 Å². The van der Waals surface area contributed by atoms with Crippen LogP contribution in [-0.4, -0.2) is 29.5 Å². The summed E-state index contributed by atoms with van der Waals surface area (Å²) in [5.41, 5.74) is 1.06. The molecular weight excluding hydrogens is 190 g/mol. The zero-order chi connectivity index (χ0) is 11.3. The fourth-order valence-electron chi connectivity index (χ4n) is 1.49. The highest BCUT2D eigenvalue weighted by Crippen LogP contribution is 2.08. The third kappa shape index (κ3) is 4.34. The Morgan fingerprint density at radius 3 is 2.80 bits per heavy atom. The molecule has 0 aliphatic rings. The molecule has 0 aliphatic heterocycles. The Morgan fingerprint density at radius 1 is 1.47 bits per heavy atom. The van der Waals surface area contributed by atoms with Gasteiger partial charge in [-0.3, -0.25) is 4.68 Å². The molecular formula is C11H21N3O. The van der Waals surface area contributed by atoms with E-state index in [1.165, 1.54) is 0 Å². The van der Waals surface area contributed by atoms with Crippen LogP contribution in [0.1, 0.15) is 20.8 Å². The number of ether oxygens (including phenoxy) is 1. The van der Waals surface area contributed by atoms with Crippen molar-refractivity contribution in [2.45, 2.75) is 33.4 Å². The second-order valence-corrected chi connectivity index (χ2v) is 4.35. The Bertz CT molecular complexity index is 283. The molecule has 0 aliphatic carbocycles. The molecule has 0 bridgehead atoms. The molecule has 4 nitrogen and oxygen atoms in total. The van der Waals surface area contributed by atoms with Crippen LogP contribution in [0.2, 0.25) is 0 Å². The lowest BCUT2D eigenvalue weighted by atomic mass is 10.2. The third-order valence-electron chi connectivity index (χ3n) is 2.02. The summed E-state index contributed by atoms with van der Waals surface area (Å²) >= 11 is 0. The predicted molar refractivity (Wildman–Crippen MR) is 62.0 cm³/mol. The molecule has 1 rings (SSSR count). The first-order valence-electron chi connectivity index (χ1n) is 5.39. The fraction of sp³-hybridized carbons (Fsp3) is 0.727. The molecule has 0 amide bonds. The Kier molecular flexibility index (Phi) is 4.62. The Balaban J connectivity index is 2.45. The third-order valence-corrected chi connectivity index (χ3v) is 2.02. The Morgan fingerprint density at radius 2 is 2.20 bits per heavy atom. The average molecular weight is 211 g/mol. The van der Waals surface area contributed by atoms with E-state index < -0.39 is 0 Å². The van der Waals surface area contributed by atoms with Crippen LogP contribution in [0.3, 0.4) is 0 Å². The summed E-state index contributed by atoms with van der Waals surface area (Å²) in [5, 5.41) is 7.61. The minimum Gasteiger partial charge on any atom is -0.383 e. The van der Waals surface area contributed by atoms with Crippen LogP contribution in [0.15, 0.2) is 12.4 Å². The van der Waals surface area contributed by atoms with Crippen LogP contribution in [-0.2, 0) is 11.3 Å². The molecule has 1 atom stereocenters. The number of rotatable bonds is 6. The average Bonchev–Trinajstić information content (AvgIpc) is 2.51. The molecule has 0 radical (unpaired) electrons. The summed E-state index contributed by atoms with van der Waals surface area (Å²) in [5.74, 6) is 0.620. The summed E-state index contributed by atoms with van der Waals surface area (Å²) in [6.07, 6.45) is 3.89. The monoisotopic (exact) mass is 211 g/mol. The molecule has 1 N–H and O–H groups in total. The Hall–Kier alpha value is -1.03. The van der Waals surface area contributed by atoms with Crippen molar-refractivity contribution in [3.8, 4) is 0 Å². The van der Waals surface area contributed by atoms with Crippen molar-refractivity contribution < 1.29 is 4.74 Å². The molecule has 0 spiro atoms. The largest absolute Gasteiger partial charge is 0.383 e. The van der Waals surface area contributed by atoms with Gasteiger partial charge in [0, 0.05) is 25.9 Å². The van der Waals surface area contributed by atoms with Crippen molar-refractivity contribution in [3.05, 3.63) is 12.4 Å². The molecule has 0 saturated heterocycles. The lowest BCUT2D eigenvalue weighted by Gasteiger charge is -2.11. The lowest BCUT2D eigenvalue weighted by Crippen LogP contribution is -2.20. The topological polar surface area (TPSA) is 39.1 Å². The van der Waals surface area contributed by atoms with Crippen LogP contribution >= 0.6 is 0 Å². The molecule has 0 saturated carbocycles. The van der Waals surface area contributed by atoms with E-state index in [0.29, 0.717) is 18.6 Å². The standard InChI is InChI=1S/C11H21N3O/c1-9(2)6-14-7-11(5-12-14)13-10(3)8-15-4/h5,7,9-10,13H,6,8H2,1-4H3. The summed E-state index contributed by atoms with van der Waals surface area (Å²) < 4.78 is 7.02. The predicted octanol–water partition coefficient (Wildman–Crippen LogP) is 1.99. The first-order chi connectivity index (χ1) is 7.11. The maximum Gasteiger partial charge on any atom is 0.0729 e. The van der Waals surface area contributed by atoms with Crippen LogP contribution in [0, 0.1) is 5.92 Å². The van der Waals surface area contributed by atoms with Gasteiger partial charge in [0.05, 0.1) is 18.5 Å². The fourth-order valence-corrected chi connectivity index (χ4v) is 1.49. The minimum atomic E-state index is 0.312. The van der Waals surface area contributed by atoms with Gasteiger partial charge >= 0.3 is 0 Å². The SMILES string of the molecule is COCC(C)Nc1cnn(CC(C)C)c1. The second kappa shape index (κ2) is 5.75. The smallest absolute Gasteiger partial charge is 0.0729 e. The Labute approximate surface area is 91.6 Å². The molecule has 1 unspecified atom stereocenters. The van der Waals surface area contributed by atoms with E-state index in [2.05, 4.69) is 31.2 Å². The van der Waals surface area contributed by atoms with Crippen LogP contribution < -0.4 is 5.32 Å². The lowest BCUT2D eigenvalue weighted by molar-refractivity contribution is 0.190. The van der Waals surface area contributed by atoms with Crippen LogP contribution in [0.25, 0.3) is 0 Å². The van der Waals surface area contributed by atoms with Gasteiger partial charge in [0.2, 0.25) is 0 Å². The van der Waals surface area contributed by atoms with Gasteiger partial charge in [0.1, 0.15) is 0 Å². The highest BCUT2D eigenvalue weighted by Gasteiger charge is 2.04. The highest BCUT2D eigenvalue weighted by molar-refractivity contribution is 5.39. The van der Waals surface area contributed by atoms with E-state index in [9.17, 15) is 0 Å². The number of aromatic nitrogens is 2. The van der Waals surface area contributed by atoms with E-state index in [4.69, 9.17) is 4.74 Å². The number of hydrogen-bond donors (Lipinski definition) is 1. The molecule has 0 fully saturated rings. The summed E-state index contributed by atoms with van der Waals surface area (Å²) in [4.78, 5) is 0. The molecule has 86 valence electrons. The van der Waals surface area contributed by atoms with Gasteiger partial charge in [-0.1, -0.05) is 13.8 Å². The number of nitrogens with one attached hydrogen (secondary N) is 1. The van der Waals surface area contributed by atoms with Gasteiger partial charge in [-0.25, -0.2) is 0 Å². The van der Waals surface area contributed by atoms with E-state index >= 15 is 0 Å². The van der Waals surface area contributed by atoms with E-state index in [-0.39, 0.29) is 0 Å². The first kappa shape index (κ1) is 12.0. The van der Waals surface area contributed by atoms with Crippen molar-refractivity contribution in [3.63, 3.8) is 0 Å². The van der Waals surface area contributed by atoms with Crippen molar-refractivity contribution >= 4 is 5.69 Å². The number of methoxy groups -OCH3 is 1. The summed E-state index contributed by atoms with van der Waals surface area (Å²) in [6, 6.07) is 0.312. The van der Waals surface area contributed by atoms with E-state index in [0.717, 1.165) is 12.2 Å². The maximum atomic E-state index is 5.06. The molecule has 15 heavy (non-hydrogen) atoms. The van der Waals surface area contributed by atoms with Gasteiger partial charge in [-0.2, -0.15) is 5.10 Å². The summed E-state index contributed by atoms with van der Waals surface area (Å²) in [6.45, 7) is 8.11. The minimum absolute atomic E-state index is 0.312. The normalized spacial score (nSPS) is 13.1. The number of hydrogen-bond acceptors (Lipinski definition) is 3. The molecule has 0 aromatic carbocycles. The molecule has 1 heterocycles. The molecule has 1 aromatic heterocycles. The van der Waals surface area contributed by atoms with Crippen molar-refractivity contribution in [1.82, 2.24) is 9.78 Å². The summed E-state index contributed by atoms with van der Waals surface area (Å²) in [7, 11) is 1.71. The van der Waals surface area contributed by atoms with Crippen molar-refractivity contribution in [2.24, 2.45) is 5.92 Å². The van der Waals surface area contributed by atoms with E-state index in [1.807, 2.05) is 17.1 Å².